The van der Waals surface area contributed by atoms with Crippen molar-refractivity contribution in [2.75, 3.05) is 51.8 Å². The smallest absolute Gasteiger partial charge is 0.257 e. The molecular weight excluding hydrogens is 508 g/mol. The number of methoxy groups -OCH3 is 1. The molecule has 0 aliphatic carbocycles. The third-order valence-corrected chi connectivity index (χ3v) is 7.29. The normalized spacial score (nSPS) is 13.8. The predicted octanol–water partition coefficient (Wildman–Crippen LogP) is 5.07. The highest BCUT2D eigenvalue weighted by atomic mass is 35.5. The van der Waals surface area contributed by atoms with E-state index in [1.807, 2.05) is 54.6 Å². The maximum Gasteiger partial charge on any atom is 0.257 e. The van der Waals surface area contributed by atoms with Crippen molar-refractivity contribution >= 4 is 45.0 Å². The molecule has 4 aromatic rings. The number of benzene rings is 3. The van der Waals surface area contributed by atoms with Gasteiger partial charge in [-0.15, -0.1) is 12.4 Å². The Labute approximate surface area is 227 Å². The minimum atomic E-state index is -0.180. The van der Waals surface area contributed by atoms with Crippen molar-refractivity contribution in [2.24, 2.45) is 0 Å². The predicted molar refractivity (Wildman–Crippen MR) is 152 cm³/mol. The van der Waals surface area contributed by atoms with Crippen LogP contribution in [-0.2, 0) is 11.3 Å². The Morgan fingerprint density at radius 2 is 1.81 bits per heavy atom. The second kappa shape index (κ2) is 13.0. The lowest BCUT2D eigenvalue weighted by atomic mass is 10.1. The van der Waals surface area contributed by atoms with Gasteiger partial charge in [-0.2, -0.15) is 0 Å². The molecule has 37 heavy (non-hydrogen) atoms. The zero-order valence-corrected chi connectivity index (χ0v) is 22.4. The number of hydrogen-bond acceptors (Lipinski definition) is 7. The zero-order chi connectivity index (χ0) is 24.7. The van der Waals surface area contributed by atoms with E-state index in [-0.39, 0.29) is 18.3 Å². The summed E-state index contributed by atoms with van der Waals surface area (Å²) < 4.78 is 11.9. The number of carbonyl (C=O) groups excluding carboxylic acids is 1. The number of halogens is 1. The van der Waals surface area contributed by atoms with Crippen LogP contribution in [0.5, 0.6) is 5.75 Å². The number of nitrogens with one attached hydrogen (secondary N) is 2. The molecule has 0 spiro atoms. The number of aromatic nitrogens is 1. The molecule has 1 amide bonds. The van der Waals surface area contributed by atoms with Crippen LogP contribution in [0.4, 0.5) is 5.13 Å². The van der Waals surface area contributed by atoms with E-state index in [9.17, 15) is 4.79 Å². The topological polar surface area (TPSA) is 75.7 Å². The molecule has 0 saturated carbocycles. The van der Waals surface area contributed by atoms with Crippen LogP contribution in [0, 0.1) is 0 Å². The minimum Gasteiger partial charge on any atom is -0.494 e. The van der Waals surface area contributed by atoms with Crippen molar-refractivity contribution in [3.05, 3.63) is 77.9 Å². The first-order valence-electron chi connectivity index (χ1n) is 12.2. The SMILES string of the molecule is COc1ccc(-c2ccccc2)c2sc(NC(=O)c3ccc(CNCCN4CCOCC4)cc3)nc12.Cl. The third-order valence-electron chi connectivity index (χ3n) is 6.29. The molecule has 0 bridgehead atoms. The summed E-state index contributed by atoms with van der Waals surface area (Å²) in [7, 11) is 1.63. The van der Waals surface area contributed by atoms with Gasteiger partial charge in [0.15, 0.2) is 5.13 Å². The third kappa shape index (κ3) is 6.66. The van der Waals surface area contributed by atoms with Gasteiger partial charge in [-0.1, -0.05) is 53.8 Å². The number of nitrogens with zero attached hydrogens (tertiary/aromatic N) is 2. The number of thiazole rings is 1. The molecule has 0 unspecified atom stereocenters. The fraction of sp³-hybridized carbons (Fsp3) is 0.286. The Morgan fingerprint density at radius 3 is 2.54 bits per heavy atom. The van der Waals surface area contributed by atoms with Gasteiger partial charge in [-0.05, 0) is 35.4 Å². The standard InChI is InChI=1S/C28H30N4O3S.ClH/c1-34-24-12-11-23(21-5-3-2-4-6-21)26-25(24)30-28(36-26)31-27(33)22-9-7-20(8-10-22)19-29-13-14-32-15-17-35-18-16-32;/h2-12,29H,13-19H2,1H3,(H,30,31,33);1H. The summed E-state index contributed by atoms with van der Waals surface area (Å²) in [6, 6.07) is 21.8. The Balaban J connectivity index is 0.00000320. The molecule has 2 heterocycles. The molecule has 1 fully saturated rings. The molecule has 1 aromatic heterocycles. The van der Waals surface area contributed by atoms with Gasteiger partial charge in [0.1, 0.15) is 11.3 Å². The summed E-state index contributed by atoms with van der Waals surface area (Å²) in [5.74, 6) is 0.507. The number of morpholine rings is 1. The molecule has 3 aromatic carbocycles. The number of rotatable bonds is 9. The summed E-state index contributed by atoms with van der Waals surface area (Å²) in [5.41, 5.74) is 4.65. The zero-order valence-electron chi connectivity index (χ0n) is 20.7. The fourth-order valence-electron chi connectivity index (χ4n) is 4.28. The average Bonchev–Trinajstić information content (AvgIpc) is 3.35. The highest BCUT2D eigenvalue weighted by Gasteiger charge is 2.16. The summed E-state index contributed by atoms with van der Waals surface area (Å²) in [6.07, 6.45) is 0. The van der Waals surface area contributed by atoms with Crippen molar-refractivity contribution < 1.29 is 14.3 Å². The number of ether oxygens (including phenoxy) is 2. The van der Waals surface area contributed by atoms with Gasteiger partial charge in [0, 0.05) is 43.9 Å². The lowest BCUT2D eigenvalue weighted by molar-refractivity contribution is 0.0384. The van der Waals surface area contributed by atoms with Gasteiger partial charge in [0.2, 0.25) is 0 Å². The molecule has 2 N–H and O–H groups in total. The molecule has 5 rings (SSSR count). The van der Waals surface area contributed by atoms with Crippen molar-refractivity contribution in [2.45, 2.75) is 6.54 Å². The first-order chi connectivity index (χ1) is 17.7. The summed E-state index contributed by atoms with van der Waals surface area (Å²) in [4.78, 5) is 20.0. The van der Waals surface area contributed by atoms with E-state index in [1.165, 1.54) is 11.3 Å². The second-order valence-corrected chi connectivity index (χ2v) is 9.66. The van der Waals surface area contributed by atoms with Gasteiger partial charge >= 0.3 is 0 Å². The fourth-order valence-corrected chi connectivity index (χ4v) is 5.30. The van der Waals surface area contributed by atoms with Crippen LogP contribution < -0.4 is 15.4 Å². The van der Waals surface area contributed by atoms with E-state index in [0.717, 1.165) is 72.8 Å². The Morgan fingerprint density at radius 1 is 1.05 bits per heavy atom. The van der Waals surface area contributed by atoms with Gasteiger partial charge < -0.3 is 14.8 Å². The highest BCUT2D eigenvalue weighted by Crippen LogP contribution is 2.39. The van der Waals surface area contributed by atoms with Crippen LogP contribution in [-0.4, -0.2) is 62.3 Å². The summed E-state index contributed by atoms with van der Waals surface area (Å²) in [6.45, 7) is 6.36. The maximum atomic E-state index is 12.9. The van der Waals surface area contributed by atoms with Crippen LogP contribution in [0.2, 0.25) is 0 Å². The molecule has 1 aliphatic heterocycles. The van der Waals surface area contributed by atoms with Crippen LogP contribution in [0.25, 0.3) is 21.3 Å². The number of carbonyl (C=O) groups is 1. The minimum absolute atomic E-state index is 0. The monoisotopic (exact) mass is 538 g/mol. The van der Waals surface area contributed by atoms with Gasteiger partial charge in [-0.3, -0.25) is 15.0 Å². The number of fused-ring (bicyclic) bond motifs is 1. The lowest BCUT2D eigenvalue weighted by Crippen LogP contribution is -2.40. The molecule has 1 aliphatic rings. The van der Waals surface area contributed by atoms with E-state index >= 15 is 0 Å². The molecule has 0 atom stereocenters. The van der Waals surface area contributed by atoms with E-state index in [0.29, 0.717) is 16.4 Å². The quantitative estimate of drug-likeness (QED) is 0.290. The summed E-state index contributed by atoms with van der Waals surface area (Å²) >= 11 is 1.45. The molecule has 194 valence electrons. The largest absolute Gasteiger partial charge is 0.494 e. The average molecular weight is 539 g/mol. The van der Waals surface area contributed by atoms with Crippen LogP contribution in [0.3, 0.4) is 0 Å². The first kappa shape index (κ1) is 27.0. The van der Waals surface area contributed by atoms with E-state index in [2.05, 4.69) is 32.7 Å². The highest BCUT2D eigenvalue weighted by molar-refractivity contribution is 7.23. The van der Waals surface area contributed by atoms with Crippen LogP contribution in [0.1, 0.15) is 15.9 Å². The van der Waals surface area contributed by atoms with Crippen molar-refractivity contribution in [3.8, 4) is 16.9 Å². The molecule has 0 radical (unpaired) electrons. The first-order valence-corrected chi connectivity index (χ1v) is 13.0. The second-order valence-electron chi connectivity index (χ2n) is 8.66. The molecule has 7 nitrogen and oxygen atoms in total. The number of amides is 1. The van der Waals surface area contributed by atoms with Gasteiger partial charge in [-0.25, -0.2) is 4.98 Å². The van der Waals surface area contributed by atoms with Crippen molar-refractivity contribution in [1.82, 2.24) is 15.2 Å². The van der Waals surface area contributed by atoms with E-state index in [4.69, 9.17) is 9.47 Å². The Hall–Kier alpha value is -3.01. The molecular formula is C28H31ClN4O3S. The summed E-state index contributed by atoms with van der Waals surface area (Å²) in [5, 5.41) is 6.99. The van der Waals surface area contributed by atoms with Gasteiger partial charge in [0.25, 0.3) is 5.91 Å². The Bertz CT molecular complexity index is 1310. The number of hydrogen-bond donors (Lipinski definition) is 2. The van der Waals surface area contributed by atoms with Gasteiger partial charge in [0.05, 0.1) is 25.0 Å². The Kier molecular flexibility index (Phi) is 9.49. The van der Waals surface area contributed by atoms with Crippen LogP contribution in [0.15, 0.2) is 66.7 Å². The molecule has 1 saturated heterocycles. The number of anilines is 1. The molecule has 9 heteroatoms. The maximum absolute atomic E-state index is 12.9. The van der Waals surface area contributed by atoms with Crippen LogP contribution >= 0.6 is 23.7 Å². The van der Waals surface area contributed by atoms with Crippen molar-refractivity contribution in [1.29, 1.82) is 0 Å². The van der Waals surface area contributed by atoms with Crippen molar-refractivity contribution in [3.63, 3.8) is 0 Å². The van der Waals surface area contributed by atoms with E-state index in [1.54, 1.807) is 7.11 Å². The lowest BCUT2D eigenvalue weighted by Gasteiger charge is -2.26. The van der Waals surface area contributed by atoms with E-state index < -0.39 is 0 Å².